The Hall–Kier alpha value is -3.99. The summed E-state index contributed by atoms with van der Waals surface area (Å²) in [6.07, 6.45) is 1.14. The number of nitrogens with one attached hydrogen (secondary N) is 1. The third kappa shape index (κ3) is 5.08. The SMILES string of the molecule is Cc1nn(CC(=O)Nc2cc(Oc3ccc(Cl)cc3)cc([N+](=O)[O-])c2)cc1[N+](=O)[O-]. The monoisotopic (exact) mass is 431 g/mol. The third-order valence-electron chi connectivity index (χ3n) is 3.86. The number of benzene rings is 2. The van der Waals surface area contributed by atoms with Gasteiger partial charge in [0.25, 0.3) is 5.69 Å². The lowest BCUT2D eigenvalue weighted by Gasteiger charge is -2.09. The van der Waals surface area contributed by atoms with Crippen molar-refractivity contribution in [2.24, 2.45) is 0 Å². The van der Waals surface area contributed by atoms with Crippen molar-refractivity contribution in [3.63, 3.8) is 0 Å². The molecule has 0 aliphatic heterocycles. The zero-order valence-electron chi connectivity index (χ0n) is 15.4. The molecular weight excluding hydrogens is 418 g/mol. The first kappa shape index (κ1) is 20.7. The summed E-state index contributed by atoms with van der Waals surface area (Å²) < 4.78 is 6.72. The number of hydrogen-bond acceptors (Lipinski definition) is 7. The van der Waals surface area contributed by atoms with Gasteiger partial charge in [-0.25, -0.2) is 0 Å². The summed E-state index contributed by atoms with van der Waals surface area (Å²) in [5.41, 5.74) is -0.211. The summed E-state index contributed by atoms with van der Waals surface area (Å²) in [6.45, 7) is 1.14. The van der Waals surface area contributed by atoms with Gasteiger partial charge in [0.05, 0.1) is 21.6 Å². The van der Waals surface area contributed by atoms with Crippen LogP contribution in [-0.4, -0.2) is 25.5 Å². The Balaban J connectivity index is 1.78. The van der Waals surface area contributed by atoms with Crippen LogP contribution in [0.2, 0.25) is 5.02 Å². The third-order valence-corrected chi connectivity index (χ3v) is 4.11. The Labute approximate surface area is 174 Å². The van der Waals surface area contributed by atoms with E-state index in [1.807, 2.05) is 0 Å². The Kier molecular flexibility index (Phi) is 5.93. The van der Waals surface area contributed by atoms with E-state index in [1.54, 1.807) is 24.3 Å². The number of nitrogens with zero attached hydrogens (tertiary/aromatic N) is 4. The number of hydrogen-bond donors (Lipinski definition) is 1. The highest BCUT2D eigenvalue weighted by molar-refractivity contribution is 6.30. The second kappa shape index (κ2) is 8.57. The Morgan fingerprint density at radius 1 is 1.13 bits per heavy atom. The minimum atomic E-state index is -0.620. The Bertz CT molecular complexity index is 1130. The topological polar surface area (TPSA) is 142 Å². The molecule has 0 atom stereocenters. The molecule has 1 N–H and O–H groups in total. The largest absolute Gasteiger partial charge is 0.457 e. The van der Waals surface area contributed by atoms with Gasteiger partial charge in [-0.15, -0.1) is 0 Å². The highest BCUT2D eigenvalue weighted by Crippen LogP contribution is 2.30. The lowest BCUT2D eigenvalue weighted by Crippen LogP contribution is -2.19. The van der Waals surface area contributed by atoms with Crippen molar-refractivity contribution in [3.05, 3.63) is 79.6 Å². The smallest absolute Gasteiger partial charge is 0.309 e. The number of halogens is 1. The summed E-state index contributed by atoms with van der Waals surface area (Å²) in [6, 6.07) is 10.2. The molecule has 0 bridgehead atoms. The van der Waals surface area contributed by atoms with Crippen LogP contribution in [0.3, 0.4) is 0 Å². The fraction of sp³-hybridized carbons (Fsp3) is 0.111. The van der Waals surface area contributed by atoms with Gasteiger partial charge in [0.15, 0.2) is 0 Å². The average molecular weight is 432 g/mol. The molecule has 0 radical (unpaired) electrons. The molecule has 0 saturated carbocycles. The van der Waals surface area contributed by atoms with E-state index in [0.717, 1.165) is 10.9 Å². The maximum absolute atomic E-state index is 12.3. The lowest BCUT2D eigenvalue weighted by molar-refractivity contribution is -0.385. The van der Waals surface area contributed by atoms with Crippen molar-refractivity contribution in [1.82, 2.24) is 9.78 Å². The van der Waals surface area contributed by atoms with Gasteiger partial charge in [-0.2, -0.15) is 5.10 Å². The van der Waals surface area contributed by atoms with Gasteiger partial charge in [0, 0.05) is 17.2 Å². The van der Waals surface area contributed by atoms with E-state index < -0.39 is 15.8 Å². The minimum Gasteiger partial charge on any atom is -0.457 e. The fourth-order valence-electron chi connectivity index (χ4n) is 2.57. The molecule has 0 spiro atoms. The van der Waals surface area contributed by atoms with E-state index in [9.17, 15) is 25.0 Å². The predicted molar refractivity (Wildman–Crippen MR) is 107 cm³/mol. The van der Waals surface area contributed by atoms with Crippen LogP contribution in [-0.2, 0) is 11.3 Å². The molecule has 1 aromatic heterocycles. The lowest BCUT2D eigenvalue weighted by atomic mass is 10.2. The molecule has 1 amide bonds. The molecule has 2 aromatic carbocycles. The number of ether oxygens (including phenoxy) is 1. The van der Waals surface area contributed by atoms with Crippen LogP contribution in [0, 0.1) is 27.2 Å². The summed E-state index contributed by atoms with van der Waals surface area (Å²) in [5, 5.41) is 29.0. The maximum Gasteiger partial charge on any atom is 0.309 e. The van der Waals surface area contributed by atoms with Crippen LogP contribution >= 0.6 is 11.6 Å². The van der Waals surface area contributed by atoms with E-state index in [0.29, 0.717) is 10.8 Å². The van der Waals surface area contributed by atoms with E-state index in [1.165, 1.54) is 25.1 Å². The van der Waals surface area contributed by atoms with E-state index in [4.69, 9.17) is 16.3 Å². The van der Waals surface area contributed by atoms with Gasteiger partial charge in [-0.1, -0.05) is 11.6 Å². The second-order valence-corrected chi connectivity index (χ2v) is 6.57. The van der Waals surface area contributed by atoms with Crippen molar-refractivity contribution in [2.45, 2.75) is 13.5 Å². The van der Waals surface area contributed by atoms with Crippen molar-refractivity contribution in [3.8, 4) is 11.5 Å². The van der Waals surface area contributed by atoms with Gasteiger partial charge >= 0.3 is 5.69 Å². The van der Waals surface area contributed by atoms with E-state index in [2.05, 4.69) is 10.4 Å². The minimum absolute atomic E-state index is 0.122. The quantitative estimate of drug-likeness (QED) is 0.438. The van der Waals surface area contributed by atoms with Gasteiger partial charge in [0.1, 0.15) is 29.9 Å². The van der Waals surface area contributed by atoms with Crippen LogP contribution in [0.25, 0.3) is 0 Å². The molecule has 12 heteroatoms. The first-order valence-electron chi connectivity index (χ1n) is 8.42. The molecule has 0 fully saturated rings. The summed E-state index contributed by atoms with van der Waals surface area (Å²) in [5.74, 6) is -0.0470. The van der Waals surface area contributed by atoms with Gasteiger partial charge in [-0.05, 0) is 31.2 Å². The molecular formula is C18H14ClN5O6. The van der Waals surface area contributed by atoms with E-state index >= 15 is 0 Å². The molecule has 1 heterocycles. The molecule has 3 rings (SSSR count). The van der Waals surface area contributed by atoms with Crippen LogP contribution in [0.5, 0.6) is 11.5 Å². The van der Waals surface area contributed by atoms with Crippen molar-refractivity contribution in [2.75, 3.05) is 5.32 Å². The Morgan fingerprint density at radius 3 is 2.43 bits per heavy atom. The number of carbonyl (C=O) groups excluding carboxylic acids is 1. The summed E-state index contributed by atoms with van der Waals surface area (Å²) >= 11 is 5.82. The molecule has 30 heavy (non-hydrogen) atoms. The summed E-state index contributed by atoms with van der Waals surface area (Å²) in [4.78, 5) is 33.2. The van der Waals surface area contributed by atoms with Gasteiger partial charge < -0.3 is 10.1 Å². The van der Waals surface area contributed by atoms with Crippen LogP contribution < -0.4 is 10.1 Å². The van der Waals surface area contributed by atoms with Crippen LogP contribution in [0.15, 0.2) is 48.7 Å². The first-order chi connectivity index (χ1) is 14.2. The zero-order chi connectivity index (χ0) is 21.8. The molecule has 11 nitrogen and oxygen atoms in total. The standard InChI is InChI=1S/C18H14ClN5O6/c1-11-17(24(28)29)9-22(21-11)10-18(25)20-13-6-14(23(26)27)8-16(7-13)30-15-4-2-12(19)3-5-15/h2-9H,10H2,1H3,(H,20,25). The normalized spacial score (nSPS) is 10.5. The van der Waals surface area contributed by atoms with Crippen LogP contribution in [0.4, 0.5) is 17.1 Å². The molecule has 154 valence electrons. The summed E-state index contributed by atoms with van der Waals surface area (Å²) in [7, 11) is 0. The Morgan fingerprint density at radius 2 is 1.83 bits per heavy atom. The fourth-order valence-corrected chi connectivity index (χ4v) is 2.70. The number of anilines is 1. The van der Waals surface area contributed by atoms with Gasteiger partial charge in [0.2, 0.25) is 5.91 Å². The number of rotatable bonds is 7. The molecule has 0 aliphatic rings. The maximum atomic E-state index is 12.3. The van der Waals surface area contributed by atoms with Crippen molar-refractivity contribution in [1.29, 1.82) is 0 Å². The number of nitro benzene ring substituents is 1. The highest BCUT2D eigenvalue weighted by Gasteiger charge is 2.18. The van der Waals surface area contributed by atoms with E-state index in [-0.39, 0.29) is 35.1 Å². The molecule has 0 aliphatic carbocycles. The number of nitro groups is 2. The molecule has 3 aromatic rings. The number of aryl methyl sites for hydroxylation is 1. The predicted octanol–water partition coefficient (Wildman–Crippen LogP) is 4.09. The highest BCUT2D eigenvalue weighted by atomic mass is 35.5. The van der Waals surface area contributed by atoms with Crippen LogP contribution in [0.1, 0.15) is 5.69 Å². The average Bonchev–Trinajstić information content (AvgIpc) is 3.03. The number of non-ortho nitro benzene ring substituents is 1. The van der Waals surface area contributed by atoms with Crippen molar-refractivity contribution < 1.29 is 19.4 Å². The molecule has 0 saturated heterocycles. The van der Waals surface area contributed by atoms with Crippen molar-refractivity contribution >= 4 is 34.6 Å². The first-order valence-corrected chi connectivity index (χ1v) is 8.80. The number of aromatic nitrogens is 2. The zero-order valence-corrected chi connectivity index (χ0v) is 16.2. The second-order valence-electron chi connectivity index (χ2n) is 6.13. The number of carbonyl (C=O) groups is 1. The molecule has 0 unspecified atom stereocenters. The number of amides is 1. The van der Waals surface area contributed by atoms with Gasteiger partial charge in [-0.3, -0.25) is 29.7 Å².